The van der Waals surface area contributed by atoms with Crippen molar-refractivity contribution in [3.63, 3.8) is 0 Å². The largest absolute Gasteiger partial charge is 0.342 e. The highest BCUT2D eigenvalue weighted by molar-refractivity contribution is 9.09. The highest BCUT2D eigenvalue weighted by atomic mass is 79.9. The second-order valence-electron chi connectivity index (χ2n) is 3.01. The molecule has 5 nitrogen and oxygen atoms in total. The molecule has 0 aliphatic heterocycles. The molecular formula is C10H8BrN3O2. The first-order chi connectivity index (χ1) is 7.79. The van der Waals surface area contributed by atoms with Gasteiger partial charge in [0.2, 0.25) is 18.1 Å². The van der Waals surface area contributed by atoms with Gasteiger partial charge in [0.15, 0.2) is 0 Å². The number of nitrogens with zero attached hydrogens (tertiary/aromatic N) is 2. The zero-order valence-electron chi connectivity index (χ0n) is 8.18. The number of benzene rings is 1. The first kappa shape index (κ1) is 10.8. The van der Waals surface area contributed by atoms with Gasteiger partial charge in [0.05, 0.1) is 5.33 Å². The molecule has 1 aromatic heterocycles. The van der Waals surface area contributed by atoms with Crippen molar-refractivity contribution in [2.45, 2.75) is 0 Å². The van der Waals surface area contributed by atoms with Crippen LogP contribution in [-0.4, -0.2) is 21.4 Å². The third kappa shape index (κ3) is 2.46. The van der Waals surface area contributed by atoms with Gasteiger partial charge < -0.3 is 9.84 Å². The molecule has 1 N–H and O–H groups in total. The second-order valence-corrected chi connectivity index (χ2v) is 3.57. The highest BCUT2D eigenvalue weighted by Crippen LogP contribution is 2.17. The lowest BCUT2D eigenvalue weighted by Crippen LogP contribution is -2.11. The lowest BCUT2D eigenvalue weighted by molar-refractivity contribution is -0.113. The van der Waals surface area contributed by atoms with Gasteiger partial charge in [-0.2, -0.15) is 4.98 Å². The van der Waals surface area contributed by atoms with Crippen LogP contribution in [-0.2, 0) is 4.79 Å². The van der Waals surface area contributed by atoms with E-state index in [2.05, 4.69) is 35.9 Å². The predicted molar refractivity (Wildman–Crippen MR) is 62.2 cm³/mol. The van der Waals surface area contributed by atoms with E-state index < -0.39 is 0 Å². The molecule has 82 valence electrons. The van der Waals surface area contributed by atoms with Gasteiger partial charge in [0.1, 0.15) is 0 Å². The van der Waals surface area contributed by atoms with Crippen LogP contribution in [0.25, 0.3) is 11.4 Å². The number of anilines is 1. The molecule has 0 bridgehead atoms. The van der Waals surface area contributed by atoms with Gasteiger partial charge in [-0.1, -0.05) is 21.1 Å². The van der Waals surface area contributed by atoms with Gasteiger partial charge in [-0.3, -0.25) is 4.79 Å². The molecule has 16 heavy (non-hydrogen) atoms. The van der Waals surface area contributed by atoms with Crippen molar-refractivity contribution in [3.8, 4) is 11.4 Å². The van der Waals surface area contributed by atoms with Crippen LogP contribution in [0.2, 0.25) is 0 Å². The molecule has 0 unspecified atom stereocenters. The lowest BCUT2D eigenvalue weighted by atomic mass is 10.2. The van der Waals surface area contributed by atoms with E-state index in [4.69, 9.17) is 0 Å². The van der Waals surface area contributed by atoms with Crippen LogP contribution in [0.3, 0.4) is 0 Å². The fourth-order valence-corrected chi connectivity index (χ4v) is 1.34. The summed E-state index contributed by atoms with van der Waals surface area (Å²) in [5.74, 6) is 0.436. The van der Waals surface area contributed by atoms with Gasteiger partial charge in [-0.15, -0.1) is 0 Å². The first-order valence-electron chi connectivity index (χ1n) is 4.52. The number of rotatable bonds is 3. The molecule has 0 spiro atoms. The molecule has 2 rings (SSSR count). The number of carbonyl (C=O) groups is 1. The number of aromatic nitrogens is 2. The molecule has 0 fully saturated rings. The van der Waals surface area contributed by atoms with Gasteiger partial charge >= 0.3 is 0 Å². The molecule has 0 aliphatic rings. The Bertz CT molecular complexity index is 467. The van der Waals surface area contributed by atoms with E-state index >= 15 is 0 Å². The predicted octanol–water partition coefficient (Wildman–Crippen LogP) is 2.07. The van der Waals surface area contributed by atoms with Crippen molar-refractivity contribution in [3.05, 3.63) is 30.7 Å². The Balaban J connectivity index is 2.14. The Morgan fingerprint density at radius 1 is 1.38 bits per heavy atom. The fourth-order valence-electron chi connectivity index (χ4n) is 1.19. The van der Waals surface area contributed by atoms with E-state index in [1.54, 1.807) is 12.1 Å². The smallest absolute Gasteiger partial charge is 0.235 e. The summed E-state index contributed by atoms with van der Waals surface area (Å²) in [5.41, 5.74) is 1.57. The number of nitrogens with one attached hydrogen (secondary N) is 1. The number of alkyl halides is 1. The molecule has 1 heterocycles. The summed E-state index contributed by atoms with van der Waals surface area (Å²) in [6.45, 7) is 0. The summed E-state index contributed by atoms with van der Waals surface area (Å²) in [6.07, 6.45) is 1.27. The Hall–Kier alpha value is -1.69. The molecule has 0 radical (unpaired) electrons. The Kier molecular flexibility index (Phi) is 3.31. The molecule has 0 atom stereocenters. The van der Waals surface area contributed by atoms with Crippen LogP contribution in [0.4, 0.5) is 5.69 Å². The number of carbonyl (C=O) groups excluding carboxylic acids is 1. The highest BCUT2D eigenvalue weighted by Gasteiger charge is 2.03. The van der Waals surface area contributed by atoms with E-state index in [0.717, 1.165) is 11.3 Å². The molecule has 0 saturated heterocycles. The van der Waals surface area contributed by atoms with Crippen molar-refractivity contribution in [1.29, 1.82) is 0 Å². The molecule has 1 amide bonds. The van der Waals surface area contributed by atoms with Crippen LogP contribution < -0.4 is 5.32 Å². The van der Waals surface area contributed by atoms with E-state index in [1.807, 2.05) is 12.1 Å². The van der Waals surface area contributed by atoms with Gasteiger partial charge in [-0.05, 0) is 24.3 Å². The molecule has 0 saturated carbocycles. The summed E-state index contributed by atoms with van der Waals surface area (Å²) in [4.78, 5) is 15.0. The van der Waals surface area contributed by atoms with Crippen LogP contribution in [0.1, 0.15) is 0 Å². The molecule has 0 aliphatic carbocycles. The minimum absolute atomic E-state index is 0.0905. The van der Waals surface area contributed by atoms with Gasteiger partial charge in [-0.25, -0.2) is 0 Å². The minimum atomic E-state index is -0.0905. The summed E-state index contributed by atoms with van der Waals surface area (Å²) in [5, 5.41) is 6.70. The van der Waals surface area contributed by atoms with Gasteiger partial charge in [0.25, 0.3) is 0 Å². The third-order valence-corrected chi connectivity index (χ3v) is 2.42. The van der Waals surface area contributed by atoms with Crippen LogP contribution in [0.5, 0.6) is 0 Å². The Labute approximate surface area is 100.0 Å². The van der Waals surface area contributed by atoms with E-state index in [9.17, 15) is 4.79 Å². The summed E-state index contributed by atoms with van der Waals surface area (Å²) in [6, 6.07) is 7.20. The lowest BCUT2D eigenvalue weighted by Gasteiger charge is -2.02. The molecule has 1 aromatic carbocycles. The SMILES string of the molecule is O=C(CBr)Nc1ccc(-c2ncon2)cc1. The van der Waals surface area contributed by atoms with Crippen molar-refractivity contribution >= 4 is 27.5 Å². The van der Waals surface area contributed by atoms with Crippen molar-refractivity contribution in [1.82, 2.24) is 10.1 Å². The molecule has 6 heteroatoms. The quantitative estimate of drug-likeness (QED) is 0.875. The first-order valence-corrected chi connectivity index (χ1v) is 5.64. The second kappa shape index (κ2) is 4.89. The molecular weight excluding hydrogens is 274 g/mol. The van der Waals surface area contributed by atoms with Crippen LogP contribution in [0, 0.1) is 0 Å². The van der Waals surface area contributed by atoms with Crippen molar-refractivity contribution < 1.29 is 9.32 Å². The maximum atomic E-state index is 11.1. The number of halogens is 1. The zero-order chi connectivity index (χ0) is 11.4. The normalized spacial score (nSPS) is 10.1. The maximum absolute atomic E-state index is 11.1. The monoisotopic (exact) mass is 281 g/mol. The third-order valence-electron chi connectivity index (χ3n) is 1.91. The van der Waals surface area contributed by atoms with Crippen molar-refractivity contribution in [2.24, 2.45) is 0 Å². The maximum Gasteiger partial charge on any atom is 0.235 e. The van der Waals surface area contributed by atoms with Gasteiger partial charge in [0, 0.05) is 11.3 Å². The van der Waals surface area contributed by atoms with Crippen LogP contribution in [0.15, 0.2) is 35.2 Å². The van der Waals surface area contributed by atoms with E-state index in [-0.39, 0.29) is 11.2 Å². The zero-order valence-corrected chi connectivity index (χ0v) is 9.77. The summed E-state index contributed by atoms with van der Waals surface area (Å²) in [7, 11) is 0. The Morgan fingerprint density at radius 3 is 2.69 bits per heavy atom. The summed E-state index contributed by atoms with van der Waals surface area (Å²) < 4.78 is 4.64. The average Bonchev–Trinajstić information content (AvgIpc) is 2.83. The molecule has 2 aromatic rings. The average molecular weight is 282 g/mol. The van der Waals surface area contributed by atoms with Crippen LogP contribution >= 0.6 is 15.9 Å². The topological polar surface area (TPSA) is 68.0 Å². The van der Waals surface area contributed by atoms with E-state index in [1.165, 1.54) is 6.39 Å². The standard InChI is InChI=1S/C10H8BrN3O2/c11-5-9(15)13-8-3-1-7(2-4-8)10-12-6-16-14-10/h1-4,6H,5H2,(H,13,15). The number of hydrogen-bond acceptors (Lipinski definition) is 4. The minimum Gasteiger partial charge on any atom is -0.342 e. The Morgan fingerprint density at radius 2 is 2.12 bits per heavy atom. The number of hydrogen-bond donors (Lipinski definition) is 1. The summed E-state index contributed by atoms with van der Waals surface area (Å²) >= 11 is 3.07. The fraction of sp³-hybridized carbons (Fsp3) is 0.100. The van der Waals surface area contributed by atoms with E-state index in [0.29, 0.717) is 5.82 Å². The van der Waals surface area contributed by atoms with Crippen molar-refractivity contribution in [2.75, 3.05) is 10.6 Å². The number of amides is 1.